The number of carbonyl (C=O) groups is 2. The third kappa shape index (κ3) is 4.54. The lowest BCUT2D eigenvalue weighted by Gasteiger charge is -2.42. The first-order valence-electron chi connectivity index (χ1n) is 12.7. The molecule has 0 bridgehead atoms. The number of ether oxygens (including phenoxy) is 2. The Morgan fingerprint density at radius 3 is 2.74 bits per heavy atom. The molecule has 0 aliphatic carbocycles. The van der Waals surface area contributed by atoms with E-state index in [-0.39, 0.29) is 18.0 Å². The van der Waals surface area contributed by atoms with Crippen molar-refractivity contribution in [3.8, 4) is 11.4 Å². The van der Waals surface area contributed by atoms with Crippen LogP contribution in [0.3, 0.4) is 0 Å². The minimum absolute atomic E-state index is 0.0588. The van der Waals surface area contributed by atoms with Gasteiger partial charge in [-0.2, -0.15) is 9.90 Å². The lowest BCUT2D eigenvalue weighted by molar-refractivity contribution is 0.0621. The molecule has 5 heterocycles. The number of carbonyl (C=O) groups excluding carboxylic acids is 2. The fraction of sp³-hybridized carbons (Fsp3) is 0.385. The quantitative estimate of drug-likeness (QED) is 0.382. The van der Waals surface area contributed by atoms with Crippen molar-refractivity contribution in [1.29, 1.82) is 0 Å². The molecule has 2 aliphatic rings. The summed E-state index contributed by atoms with van der Waals surface area (Å²) >= 11 is 0. The van der Waals surface area contributed by atoms with Crippen LogP contribution >= 0.6 is 0 Å². The van der Waals surface area contributed by atoms with E-state index < -0.39 is 0 Å². The van der Waals surface area contributed by atoms with Crippen molar-refractivity contribution in [1.82, 2.24) is 34.7 Å². The summed E-state index contributed by atoms with van der Waals surface area (Å²) in [7, 11) is 3.07. The van der Waals surface area contributed by atoms with E-state index in [0.29, 0.717) is 42.8 Å². The Kier molecular flexibility index (Phi) is 6.35. The van der Waals surface area contributed by atoms with E-state index in [4.69, 9.17) is 9.47 Å². The number of hydrogen-bond acceptors (Lipinski definition) is 9. The number of methoxy groups -OCH3 is 2. The summed E-state index contributed by atoms with van der Waals surface area (Å²) in [6, 6.07) is 9.91. The Morgan fingerprint density at radius 2 is 2.00 bits per heavy atom. The summed E-state index contributed by atoms with van der Waals surface area (Å²) in [4.78, 5) is 30.3. The number of aromatic nitrogens is 6. The van der Waals surface area contributed by atoms with Gasteiger partial charge < -0.3 is 24.6 Å². The topological polar surface area (TPSA) is 132 Å². The summed E-state index contributed by atoms with van der Waals surface area (Å²) < 4.78 is 11.8. The van der Waals surface area contributed by atoms with E-state index >= 15 is 0 Å². The molecule has 39 heavy (non-hydrogen) atoms. The molecule has 1 atom stereocenters. The highest BCUT2D eigenvalue weighted by Crippen LogP contribution is 2.29. The van der Waals surface area contributed by atoms with E-state index in [0.717, 1.165) is 35.3 Å². The van der Waals surface area contributed by atoms with Crippen molar-refractivity contribution in [3.63, 3.8) is 0 Å². The highest BCUT2D eigenvalue weighted by Gasteiger charge is 2.34. The summed E-state index contributed by atoms with van der Waals surface area (Å²) in [5, 5.41) is 20.2. The molecule has 3 aromatic heterocycles. The van der Waals surface area contributed by atoms with Gasteiger partial charge in [-0.25, -0.2) is 9.31 Å². The predicted molar refractivity (Wildman–Crippen MR) is 142 cm³/mol. The first kappa shape index (κ1) is 24.8. The second-order valence-corrected chi connectivity index (χ2v) is 9.81. The van der Waals surface area contributed by atoms with Crippen LogP contribution in [-0.4, -0.2) is 93.2 Å². The molecule has 2 saturated heterocycles. The number of anilines is 2. The van der Waals surface area contributed by atoms with Crippen LogP contribution in [0.1, 0.15) is 28.4 Å². The number of nitrogens with zero attached hydrogens (tertiary/aromatic N) is 8. The number of aryl methyl sites for hydroxylation is 1. The van der Waals surface area contributed by atoms with Gasteiger partial charge in [-0.3, -0.25) is 4.79 Å². The largest absolute Gasteiger partial charge is 0.453 e. The van der Waals surface area contributed by atoms with Crippen molar-refractivity contribution >= 4 is 28.9 Å². The zero-order valence-corrected chi connectivity index (χ0v) is 21.9. The third-order valence-corrected chi connectivity index (χ3v) is 7.38. The lowest BCUT2D eigenvalue weighted by atomic mass is 10.0. The number of benzene rings is 1. The number of fused-ring (bicyclic) bond motifs is 1. The first-order valence-corrected chi connectivity index (χ1v) is 12.7. The fourth-order valence-corrected chi connectivity index (χ4v) is 4.93. The first-order chi connectivity index (χ1) is 18.9. The van der Waals surface area contributed by atoms with Crippen molar-refractivity contribution in [2.45, 2.75) is 25.4 Å². The molecular weight excluding hydrogens is 502 g/mol. The standard InChI is InChI=1S/C26H29N9O4/c1-16-4-5-17(24-29-31-35(30-24)20-13-32(14-20)26(37)39-3)10-22(16)28-25(36)21-12-27-34-9-7-18(11-23(21)34)33-8-6-19(33)15-38-2/h4-5,7,9-12,19-20H,6,8,13-15H2,1-3H3,(H,28,36)/t19-/m0/s1. The van der Waals surface area contributed by atoms with Gasteiger partial charge in [-0.15, -0.1) is 10.2 Å². The molecule has 2 fully saturated rings. The number of tetrazole rings is 1. The maximum absolute atomic E-state index is 13.4. The zero-order valence-electron chi connectivity index (χ0n) is 21.9. The average molecular weight is 532 g/mol. The van der Waals surface area contributed by atoms with Crippen LogP contribution in [-0.2, 0) is 9.47 Å². The van der Waals surface area contributed by atoms with E-state index in [9.17, 15) is 9.59 Å². The molecule has 2 amide bonds. The third-order valence-electron chi connectivity index (χ3n) is 7.38. The van der Waals surface area contributed by atoms with Crippen LogP contribution in [0.5, 0.6) is 0 Å². The van der Waals surface area contributed by atoms with Gasteiger partial charge in [-0.05, 0) is 42.3 Å². The van der Waals surface area contributed by atoms with Gasteiger partial charge in [0, 0.05) is 36.8 Å². The summed E-state index contributed by atoms with van der Waals surface area (Å²) in [6.45, 7) is 4.47. The molecule has 1 aromatic carbocycles. The molecule has 0 unspecified atom stereocenters. The molecule has 4 aromatic rings. The maximum atomic E-state index is 13.4. The monoisotopic (exact) mass is 531 g/mol. The van der Waals surface area contributed by atoms with Crippen LogP contribution in [0.25, 0.3) is 16.9 Å². The van der Waals surface area contributed by atoms with Crippen molar-refractivity contribution in [3.05, 3.63) is 53.9 Å². The minimum atomic E-state index is -0.372. The van der Waals surface area contributed by atoms with Gasteiger partial charge in [0.05, 0.1) is 50.1 Å². The van der Waals surface area contributed by atoms with Crippen LogP contribution in [0.4, 0.5) is 16.2 Å². The molecule has 0 spiro atoms. The highest BCUT2D eigenvalue weighted by atomic mass is 16.5. The second kappa shape index (κ2) is 9.98. The Labute approximate surface area is 224 Å². The summed E-state index contributed by atoms with van der Waals surface area (Å²) in [5.74, 6) is 0.177. The molecular formula is C26H29N9O4. The van der Waals surface area contributed by atoms with E-state index in [2.05, 4.69) is 30.7 Å². The Bertz CT molecular complexity index is 1540. The molecule has 0 saturated carbocycles. The fourth-order valence-electron chi connectivity index (χ4n) is 4.93. The maximum Gasteiger partial charge on any atom is 0.409 e. The zero-order chi connectivity index (χ0) is 27.1. The van der Waals surface area contributed by atoms with Gasteiger partial charge in [0.15, 0.2) is 0 Å². The van der Waals surface area contributed by atoms with Crippen LogP contribution < -0.4 is 10.2 Å². The van der Waals surface area contributed by atoms with Gasteiger partial charge in [-0.1, -0.05) is 12.1 Å². The van der Waals surface area contributed by atoms with Crippen molar-refractivity contribution in [2.24, 2.45) is 0 Å². The molecule has 6 rings (SSSR count). The predicted octanol–water partition coefficient (Wildman–Crippen LogP) is 2.40. The smallest absolute Gasteiger partial charge is 0.409 e. The van der Waals surface area contributed by atoms with Gasteiger partial charge in [0.1, 0.15) is 6.04 Å². The van der Waals surface area contributed by atoms with Gasteiger partial charge in [0.25, 0.3) is 5.91 Å². The highest BCUT2D eigenvalue weighted by molar-refractivity contribution is 6.09. The molecule has 1 N–H and O–H groups in total. The van der Waals surface area contributed by atoms with Crippen molar-refractivity contribution < 1.29 is 19.1 Å². The van der Waals surface area contributed by atoms with Gasteiger partial charge in [0.2, 0.25) is 5.82 Å². The number of hydrogen-bond donors (Lipinski definition) is 1. The van der Waals surface area contributed by atoms with Crippen LogP contribution in [0.2, 0.25) is 0 Å². The lowest BCUT2D eigenvalue weighted by Crippen LogP contribution is -2.51. The molecule has 0 radical (unpaired) electrons. The molecule has 2 aliphatic heterocycles. The Morgan fingerprint density at radius 1 is 1.15 bits per heavy atom. The second-order valence-electron chi connectivity index (χ2n) is 9.81. The van der Waals surface area contributed by atoms with E-state index in [1.165, 1.54) is 11.9 Å². The Balaban J connectivity index is 1.19. The molecule has 202 valence electrons. The summed E-state index contributed by atoms with van der Waals surface area (Å²) in [6.07, 6.45) is 4.16. The van der Waals surface area contributed by atoms with Crippen molar-refractivity contribution in [2.75, 3.05) is 50.7 Å². The number of nitrogens with one attached hydrogen (secondary N) is 1. The van der Waals surface area contributed by atoms with Crippen LogP contribution in [0.15, 0.2) is 42.7 Å². The van der Waals surface area contributed by atoms with Gasteiger partial charge >= 0.3 is 6.09 Å². The average Bonchev–Trinajstić information content (AvgIpc) is 3.54. The SMILES string of the molecule is COC[C@@H]1CCN1c1ccn2ncc(C(=O)Nc3cc(-c4nnn(C5CN(C(=O)OC)C5)n4)ccc3C)c2c1. The summed E-state index contributed by atoms with van der Waals surface area (Å²) in [5.41, 5.74) is 4.51. The number of rotatable bonds is 7. The normalized spacial score (nSPS) is 17.2. The minimum Gasteiger partial charge on any atom is -0.453 e. The number of likely N-dealkylation sites (tertiary alicyclic amines) is 1. The number of amides is 2. The molecule has 13 heteroatoms. The Hall–Kier alpha value is -4.52. The van der Waals surface area contributed by atoms with E-state index in [1.807, 2.05) is 43.5 Å². The number of pyridine rings is 1. The van der Waals surface area contributed by atoms with Crippen LogP contribution in [0, 0.1) is 6.92 Å². The van der Waals surface area contributed by atoms with E-state index in [1.54, 1.807) is 22.7 Å². The molecule has 13 nitrogen and oxygen atoms in total.